The molecule has 2 aromatic rings. The van der Waals surface area contributed by atoms with E-state index in [0.717, 1.165) is 24.0 Å². The third-order valence-corrected chi connectivity index (χ3v) is 4.02. The zero-order valence-corrected chi connectivity index (χ0v) is 13.0. The Hall–Kier alpha value is -1.67. The van der Waals surface area contributed by atoms with Gasteiger partial charge >= 0.3 is 0 Å². The fourth-order valence-corrected chi connectivity index (χ4v) is 2.60. The van der Waals surface area contributed by atoms with E-state index in [9.17, 15) is 9.18 Å². The van der Waals surface area contributed by atoms with Crippen molar-refractivity contribution in [3.8, 4) is 0 Å². The fraction of sp³-hybridized carbons (Fsp3) is 0.278. The summed E-state index contributed by atoms with van der Waals surface area (Å²) in [4.78, 5) is 12.5. The second-order valence-electron chi connectivity index (χ2n) is 5.00. The molecule has 0 aliphatic heterocycles. The van der Waals surface area contributed by atoms with Crippen molar-refractivity contribution in [2.75, 3.05) is 0 Å². The molecule has 2 aromatic carbocycles. The lowest BCUT2D eigenvalue weighted by molar-refractivity contribution is 0.0991. The quantitative estimate of drug-likeness (QED) is 0.708. The van der Waals surface area contributed by atoms with Crippen LogP contribution in [0.25, 0.3) is 0 Å². The Morgan fingerprint density at radius 1 is 1.14 bits per heavy atom. The molecular formula is C18H18ClFO. The van der Waals surface area contributed by atoms with Crippen molar-refractivity contribution in [3.63, 3.8) is 0 Å². The van der Waals surface area contributed by atoms with E-state index in [1.54, 1.807) is 12.1 Å². The van der Waals surface area contributed by atoms with E-state index in [2.05, 4.69) is 0 Å². The molecule has 3 heteroatoms. The van der Waals surface area contributed by atoms with Gasteiger partial charge in [-0.3, -0.25) is 4.79 Å². The second kappa shape index (κ2) is 6.86. The summed E-state index contributed by atoms with van der Waals surface area (Å²) in [7, 11) is 0. The van der Waals surface area contributed by atoms with E-state index in [1.165, 1.54) is 6.07 Å². The van der Waals surface area contributed by atoms with E-state index in [4.69, 9.17) is 11.6 Å². The number of ketones is 1. The van der Waals surface area contributed by atoms with Crippen molar-refractivity contribution in [3.05, 3.63) is 69.5 Å². The van der Waals surface area contributed by atoms with Crippen LogP contribution < -0.4 is 0 Å². The third-order valence-electron chi connectivity index (χ3n) is 3.66. The lowest BCUT2D eigenvalue weighted by Gasteiger charge is -2.10. The number of aryl methyl sites for hydroxylation is 2. The number of halogens is 2. The first kappa shape index (κ1) is 15.7. The van der Waals surface area contributed by atoms with E-state index < -0.39 is 5.82 Å². The van der Waals surface area contributed by atoms with Gasteiger partial charge in [-0.25, -0.2) is 4.39 Å². The molecule has 0 N–H and O–H groups in total. The minimum absolute atomic E-state index is 0.00826. The Morgan fingerprint density at radius 2 is 1.90 bits per heavy atom. The first-order valence-electron chi connectivity index (χ1n) is 7.14. The number of carbonyl (C=O) groups excluding carboxylic acids is 1. The average Bonchev–Trinajstić information content (AvgIpc) is 2.50. The Kier molecular flexibility index (Phi) is 5.13. The maximum Gasteiger partial charge on any atom is 0.167 e. The zero-order valence-electron chi connectivity index (χ0n) is 12.2. The van der Waals surface area contributed by atoms with Crippen LogP contribution in [0.1, 0.15) is 40.9 Å². The number of benzene rings is 2. The number of carbonyl (C=O) groups is 1. The van der Waals surface area contributed by atoms with Crippen molar-refractivity contribution >= 4 is 17.4 Å². The van der Waals surface area contributed by atoms with E-state index >= 15 is 0 Å². The van der Waals surface area contributed by atoms with Crippen molar-refractivity contribution in [2.24, 2.45) is 0 Å². The molecular weight excluding hydrogens is 287 g/mol. The van der Waals surface area contributed by atoms with Crippen LogP contribution in [0.3, 0.4) is 0 Å². The second-order valence-corrected chi connectivity index (χ2v) is 5.41. The molecule has 0 aliphatic rings. The summed E-state index contributed by atoms with van der Waals surface area (Å²) >= 11 is 6.00. The Bertz CT molecular complexity index is 644. The molecule has 0 saturated carbocycles. The van der Waals surface area contributed by atoms with Crippen LogP contribution in [0, 0.1) is 5.82 Å². The molecule has 0 radical (unpaired) electrons. The number of rotatable bonds is 5. The Morgan fingerprint density at radius 3 is 2.52 bits per heavy atom. The normalized spacial score (nSPS) is 10.7. The Labute approximate surface area is 129 Å². The van der Waals surface area contributed by atoms with Gasteiger partial charge in [-0.05, 0) is 42.2 Å². The summed E-state index contributed by atoms with van der Waals surface area (Å²) < 4.78 is 13.8. The first-order valence-corrected chi connectivity index (χ1v) is 7.52. The summed E-state index contributed by atoms with van der Waals surface area (Å²) in [5, 5.41) is 0.299. The van der Waals surface area contributed by atoms with Gasteiger partial charge in [0.2, 0.25) is 0 Å². The monoisotopic (exact) mass is 304 g/mol. The van der Waals surface area contributed by atoms with Gasteiger partial charge in [-0.1, -0.05) is 43.6 Å². The molecule has 0 bridgehead atoms. The molecule has 21 heavy (non-hydrogen) atoms. The highest BCUT2D eigenvalue weighted by molar-refractivity contribution is 6.31. The van der Waals surface area contributed by atoms with E-state index in [-0.39, 0.29) is 17.8 Å². The van der Waals surface area contributed by atoms with Gasteiger partial charge < -0.3 is 0 Å². The predicted octanol–water partition coefficient (Wildman–Crippen LogP) is 5.03. The van der Waals surface area contributed by atoms with Crippen LogP contribution in [-0.4, -0.2) is 5.78 Å². The molecule has 110 valence electrons. The molecule has 1 nitrogen and oxygen atoms in total. The molecule has 0 saturated heterocycles. The molecule has 0 fully saturated rings. The highest BCUT2D eigenvalue weighted by atomic mass is 35.5. The molecule has 2 rings (SSSR count). The zero-order chi connectivity index (χ0) is 15.4. The van der Waals surface area contributed by atoms with Crippen LogP contribution in [0.15, 0.2) is 36.4 Å². The number of Topliss-reactive ketones (excluding diaryl/α,β-unsaturated/α-hetero) is 1. The van der Waals surface area contributed by atoms with E-state index in [0.29, 0.717) is 10.6 Å². The van der Waals surface area contributed by atoms with Crippen LogP contribution in [0.2, 0.25) is 5.02 Å². The minimum Gasteiger partial charge on any atom is -0.294 e. The molecule has 0 spiro atoms. The van der Waals surface area contributed by atoms with Gasteiger partial charge in [0.25, 0.3) is 0 Å². The van der Waals surface area contributed by atoms with Gasteiger partial charge in [0, 0.05) is 22.6 Å². The minimum atomic E-state index is -0.430. The summed E-state index contributed by atoms with van der Waals surface area (Å²) in [6.45, 7) is 4.05. The van der Waals surface area contributed by atoms with Crippen LogP contribution in [0.5, 0.6) is 0 Å². The molecule has 0 heterocycles. The van der Waals surface area contributed by atoms with E-state index in [1.807, 2.05) is 32.0 Å². The summed E-state index contributed by atoms with van der Waals surface area (Å²) in [6.07, 6.45) is 1.63. The summed E-state index contributed by atoms with van der Waals surface area (Å²) in [5.74, 6) is -0.519. The molecule has 0 amide bonds. The predicted molar refractivity (Wildman–Crippen MR) is 84.6 cm³/mol. The molecule has 0 aromatic heterocycles. The van der Waals surface area contributed by atoms with Crippen LogP contribution in [-0.2, 0) is 19.3 Å². The van der Waals surface area contributed by atoms with Gasteiger partial charge in [-0.15, -0.1) is 0 Å². The summed E-state index contributed by atoms with van der Waals surface area (Å²) in [5.41, 5.74) is 3.05. The maximum atomic E-state index is 13.8. The Balaban J connectivity index is 2.36. The van der Waals surface area contributed by atoms with Crippen LogP contribution >= 0.6 is 11.6 Å². The lowest BCUT2D eigenvalue weighted by atomic mass is 9.94. The number of hydrogen-bond acceptors (Lipinski definition) is 1. The standard InChI is InChI=1S/C18H18ClFO/c1-3-12-8-9-13(4-2)14(10-12)18(21)11-15-16(19)6-5-7-17(15)20/h5-10H,3-4,11H2,1-2H3. The fourth-order valence-electron chi connectivity index (χ4n) is 2.37. The van der Waals surface area contributed by atoms with Crippen molar-refractivity contribution in [2.45, 2.75) is 33.1 Å². The average molecular weight is 305 g/mol. The molecule has 0 aliphatic carbocycles. The highest BCUT2D eigenvalue weighted by Crippen LogP contribution is 2.22. The van der Waals surface area contributed by atoms with Crippen molar-refractivity contribution < 1.29 is 9.18 Å². The van der Waals surface area contributed by atoms with Gasteiger partial charge in [0.05, 0.1) is 0 Å². The highest BCUT2D eigenvalue weighted by Gasteiger charge is 2.16. The largest absolute Gasteiger partial charge is 0.294 e. The molecule has 0 atom stereocenters. The molecule has 0 unspecified atom stereocenters. The smallest absolute Gasteiger partial charge is 0.167 e. The topological polar surface area (TPSA) is 17.1 Å². The van der Waals surface area contributed by atoms with Gasteiger partial charge in [-0.2, -0.15) is 0 Å². The van der Waals surface area contributed by atoms with Crippen LogP contribution in [0.4, 0.5) is 4.39 Å². The maximum absolute atomic E-state index is 13.8. The van der Waals surface area contributed by atoms with Crippen molar-refractivity contribution in [1.82, 2.24) is 0 Å². The third kappa shape index (κ3) is 3.51. The van der Waals surface area contributed by atoms with Gasteiger partial charge in [0.1, 0.15) is 5.82 Å². The van der Waals surface area contributed by atoms with Gasteiger partial charge in [0.15, 0.2) is 5.78 Å². The lowest BCUT2D eigenvalue weighted by Crippen LogP contribution is -2.09. The number of hydrogen-bond donors (Lipinski definition) is 0. The SMILES string of the molecule is CCc1ccc(CC)c(C(=O)Cc2c(F)cccc2Cl)c1. The van der Waals surface area contributed by atoms with Crippen molar-refractivity contribution in [1.29, 1.82) is 0 Å². The summed E-state index contributed by atoms with van der Waals surface area (Å²) in [6, 6.07) is 10.4. The first-order chi connectivity index (χ1) is 10.1.